The molecule has 1 atom stereocenters. The maximum Gasteiger partial charge on any atom is 0.0773 e. The van der Waals surface area contributed by atoms with Crippen LogP contribution in [-0.2, 0) is 0 Å². The van der Waals surface area contributed by atoms with E-state index in [2.05, 4.69) is 10.6 Å². The average molecular weight is 170 g/mol. The van der Waals surface area contributed by atoms with E-state index in [0.717, 1.165) is 44.9 Å². The zero-order valence-electron chi connectivity index (χ0n) is 7.47. The van der Waals surface area contributed by atoms with Gasteiger partial charge in [0.05, 0.1) is 5.60 Å². The number of nitrogens with one attached hydrogen (secondary N) is 2. The molecule has 1 heterocycles. The van der Waals surface area contributed by atoms with E-state index in [9.17, 15) is 5.11 Å². The normalized spacial score (nSPS) is 32.2. The largest absolute Gasteiger partial charge is 0.389 e. The Morgan fingerprint density at radius 1 is 1.50 bits per heavy atom. The third-order valence-corrected chi connectivity index (χ3v) is 2.88. The highest BCUT2D eigenvalue weighted by Gasteiger charge is 2.39. The van der Waals surface area contributed by atoms with E-state index in [1.165, 1.54) is 6.42 Å². The standard InChI is InChI=1S/C9H18N2O/c12-9(2-3-9)7-11-6-8-1-4-10-5-8/h8,10-12H,1-7H2. The molecule has 0 amide bonds. The first-order valence-corrected chi connectivity index (χ1v) is 4.92. The molecule has 12 heavy (non-hydrogen) atoms. The van der Waals surface area contributed by atoms with Gasteiger partial charge in [-0.2, -0.15) is 0 Å². The molecule has 0 bridgehead atoms. The van der Waals surface area contributed by atoms with Crippen molar-refractivity contribution in [2.24, 2.45) is 5.92 Å². The molecule has 2 aliphatic rings. The van der Waals surface area contributed by atoms with E-state index in [1.807, 2.05) is 0 Å². The van der Waals surface area contributed by atoms with Gasteiger partial charge >= 0.3 is 0 Å². The smallest absolute Gasteiger partial charge is 0.0773 e. The summed E-state index contributed by atoms with van der Waals surface area (Å²) in [6.45, 7) is 4.17. The zero-order valence-corrected chi connectivity index (χ0v) is 7.47. The lowest BCUT2D eigenvalue weighted by atomic mass is 10.1. The van der Waals surface area contributed by atoms with E-state index in [1.54, 1.807) is 0 Å². The summed E-state index contributed by atoms with van der Waals surface area (Å²) in [5.41, 5.74) is -0.327. The number of aliphatic hydroxyl groups is 1. The van der Waals surface area contributed by atoms with Crippen molar-refractivity contribution in [3.8, 4) is 0 Å². The summed E-state index contributed by atoms with van der Waals surface area (Å²) in [7, 11) is 0. The predicted molar refractivity (Wildman–Crippen MR) is 48.0 cm³/mol. The fourth-order valence-corrected chi connectivity index (χ4v) is 1.72. The van der Waals surface area contributed by atoms with Crippen LogP contribution >= 0.6 is 0 Å². The van der Waals surface area contributed by atoms with Crippen molar-refractivity contribution in [3.63, 3.8) is 0 Å². The van der Waals surface area contributed by atoms with Gasteiger partial charge in [-0.05, 0) is 44.8 Å². The first-order valence-electron chi connectivity index (χ1n) is 4.92. The van der Waals surface area contributed by atoms with E-state index in [0.29, 0.717) is 0 Å². The van der Waals surface area contributed by atoms with E-state index in [4.69, 9.17) is 0 Å². The first-order chi connectivity index (χ1) is 5.79. The van der Waals surface area contributed by atoms with Gasteiger partial charge in [0.15, 0.2) is 0 Å². The molecule has 1 saturated heterocycles. The van der Waals surface area contributed by atoms with Crippen LogP contribution in [0.2, 0.25) is 0 Å². The topological polar surface area (TPSA) is 44.3 Å². The van der Waals surface area contributed by atoms with Crippen LogP contribution in [0.1, 0.15) is 19.3 Å². The second-order valence-electron chi connectivity index (χ2n) is 4.21. The highest BCUT2D eigenvalue weighted by molar-refractivity contribution is 4.95. The third-order valence-electron chi connectivity index (χ3n) is 2.88. The van der Waals surface area contributed by atoms with Crippen molar-refractivity contribution >= 4 is 0 Å². The van der Waals surface area contributed by atoms with E-state index < -0.39 is 0 Å². The lowest BCUT2D eigenvalue weighted by Gasteiger charge is -2.12. The molecule has 2 fully saturated rings. The number of rotatable bonds is 4. The van der Waals surface area contributed by atoms with E-state index >= 15 is 0 Å². The van der Waals surface area contributed by atoms with Crippen molar-refractivity contribution in [1.29, 1.82) is 0 Å². The molecule has 3 heteroatoms. The van der Waals surface area contributed by atoms with Gasteiger partial charge in [-0.25, -0.2) is 0 Å². The molecule has 0 aromatic rings. The van der Waals surface area contributed by atoms with Crippen LogP contribution in [0.3, 0.4) is 0 Å². The summed E-state index contributed by atoms with van der Waals surface area (Å²) in [6.07, 6.45) is 3.26. The summed E-state index contributed by atoms with van der Waals surface area (Å²) in [5, 5.41) is 16.2. The second-order valence-corrected chi connectivity index (χ2v) is 4.21. The molecular weight excluding hydrogens is 152 g/mol. The van der Waals surface area contributed by atoms with E-state index in [-0.39, 0.29) is 5.60 Å². The minimum atomic E-state index is -0.327. The lowest BCUT2D eigenvalue weighted by molar-refractivity contribution is 0.146. The summed E-state index contributed by atoms with van der Waals surface area (Å²) >= 11 is 0. The molecule has 0 radical (unpaired) electrons. The highest BCUT2D eigenvalue weighted by atomic mass is 16.3. The van der Waals surface area contributed by atoms with Crippen LogP contribution in [0.25, 0.3) is 0 Å². The summed E-state index contributed by atoms with van der Waals surface area (Å²) < 4.78 is 0. The Bertz CT molecular complexity index is 151. The monoisotopic (exact) mass is 170 g/mol. The van der Waals surface area contributed by atoms with Crippen LogP contribution in [0.5, 0.6) is 0 Å². The first kappa shape index (κ1) is 8.48. The second kappa shape index (κ2) is 3.32. The molecule has 1 aliphatic heterocycles. The number of hydrogen-bond donors (Lipinski definition) is 3. The summed E-state index contributed by atoms with van der Waals surface area (Å²) in [4.78, 5) is 0. The van der Waals surface area contributed by atoms with Gasteiger partial charge in [0, 0.05) is 6.54 Å². The van der Waals surface area contributed by atoms with Gasteiger partial charge in [-0.1, -0.05) is 0 Å². The van der Waals surface area contributed by atoms with Gasteiger partial charge < -0.3 is 15.7 Å². The molecule has 1 saturated carbocycles. The Labute approximate surface area is 73.5 Å². The molecule has 3 nitrogen and oxygen atoms in total. The van der Waals surface area contributed by atoms with Gasteiger partial charge in [0.2, 0.25) is 0 Å². The SMILES string of the molecule is OC1(CNCC2CCNC2)CC1. The van der Waals surface area contributed by atoms with Gasteiger partial charge in [0.25, 0.3) is 0 Å². The summed E-state index contributed by atoms with van der Waals surface area (Å²) in [6, 6.07) is 0. The van der Waals surface area contributed by atoms with Gasteiger partial charge in [0.1, 0.15) is 0 Å². The number of hydrogen-bond acceptors (Lipinski definition) is 3. The van der Waals surface area contributed by atoms with Crippen molar-refractivity contribution in [3.05, 3.63) is 0 Å². The zero-order chi connectivity index (χ0) is 8.44. The Morgan fingerprint density at radius 3 is 2.92 bits per heavy atom. The maximum absolute atomic E-state index is 9.52. The lowest BCUT2D eigenvalue weighted by Crippen LogP contribution is -2.32. The molecular formula is C9H18N2O. The van der Waals surface area contributed by atoms with Gasteiger partial charge in [-0.3, -0.25) is 0 Å². The summed E-state index contributed by atoms with van der Waals surface area (Å²) in [5.74, 6) is 0.785. The average Bonchev–Trinajstić information content (AvgIpc) is 2.61. The van der Waals surface area contributed by atoms with Crippen LogP contribution in [0.15, 0.2) is 0 Å². The predicted octanol–water partition coefficient (Wildman–Crippen LogP) is -0.290. The Kier molecular flexibility index (Phi) is 2.35. The van der Waals surface area contributed by atoms with Crippen LogP contribution in [0, 0.1) is 5.92 Å². The van der Waals surface area contributed by atoms with Crippen molar-refractivity contribution in [2.75, 3.05) is 26.2 Å². The van der Waals surface area contributed by atoms with Crippen molar-refractivity contribution in [1.82, 2.24) is 10.6 Å². The molecule has 1 unspecified atom stereocenters. The minimum absolute atomic E-state index is 0.327. The van der Waals surface area contributed by atoms with Crippen LogP contribution < -0.4 is 10.6 Å². The molecule has 3 N–H and O–H groups in total. The fourth-order valence-electron chi connectivity index (χ4n) is 1.72. The molecule has 0 aromatic heterocycles. The maximum atomic E-state index is 9.52. The molecule has 0 spiro atoms. The minimum Gasteiger partial charge on any atom is -0.389 e. The third kappa shape index (κ3) is 2.19. The molecule has 1 aliphatic carbocycles. The quantitative estimate of drug-likeness (QED) is 0.543. The highest BCUT2D eigenvalue weighted by Crippen LogP contribution is 2.33. The molecule has 2 rings (SSSR count). The van der Waals surface area contributed by atoms with Crippen molar-refractivity contribution in [2.45, 2.75) is 24.9 Å². The van der Waals surface area contributed by atoms with Crippen LogP contribution in [0.4, 0.5) is 0 Å². The molecule has 70 valence electrons. The van der Waals surface area contributed by atoms with Gasteiger partial charge in [-0.15, -0.1) is 0 Å². The molecule has 0 aromatic carbocycles. The Morgan fingerprint density at radius 2 is 2.33 bits per heavy atom. The Balaban J connectivity index is 1.56. The Hall–Kier alpha value is -0.120. The van der Waals surface area contributed by atoms with Crippen LogP contribution in [-0.4, -0.2) is 36.9 Å². The fraction of sp³-hybridized carbons (Fsp3) is 1.00. The van der Waals surface area contributed by atoms with Crippen molar-refractivity contribution < 1.29 is 5.11 Å².